The number of benzene rings is 1. The molecule has 1 fully saturated rings. The van der Waals surface area contributed by atoms with Gasteiger partial charge in [-0.3, -0.25) is 9.11 Å². The van der Waals surface area contributed by atoms with E-state index in [4.69, 9.17) is 11.6 Å². The fraction of sp³-hybridized carbons (Fsp3) is 0.571. The third-order valence-electron chi connectivity index (χ3n) is 4.29. The van der Waals surface area contributed by atoms with Crippen LogP contribution in [0.5, 0.6) is 0 Å². The Morgan fingerprint density at radius 2 is 1.90 bits per heavy atom. The van der Waals surface area contributed by atoms with Crippen LogP contribution in [0.1, 0.15) is 37.7 Å². The van der Waals surface area contributed by atoms with Crippen LogP contribution in [0.15, 0.2) is 17.0 Å². The van der Waals surface area contributed by atoms with Crippen LogP contribution < -0.4 is 10.0 Å². The van der Waals surface area contributed by atoms with Crippen LogP contribution in [0.3, 0.4) is 0 Å². The Morgan fingerprint density at radius 3 is 2.60 bits per heavy atom. The average Bonchev–Trinajstić information content (AvgIpc) is 2.41. The molecule has 1 aromatic rings. The summed E-state index contributed by atoms with van der Waals surface area (Å²) >= 11 is 6.16. The van der Waals surface area contributed by atoms with Crippen LogP contribution in [0.2, 0.25) is 5.02 Å². The lowest BCUT2D eigenvalue weighted by atomic mass is 9.87. The van der Waals surface area contributed by atoms with Crippen molar-refractivity contribution in [1.29, 1.82) is 0 Å². The zero-order valence-electron chi connectivity index (χ0n) is 11.5. The van der Waals surface area contributed by atoms with Gasteiger partial charge in [0, 0.05) is 5.02 Å². The van der Waals surface area contributed by atoms with Crippen molar-refractivity contribution in [3.8, 4) is 0 Å². The highest BCUT2D eigenvalue weighted by molar-refractivity contribution is 8.22. The van der Waals surface area contributed by atoms with Gasteiger partial charge < -0.3 is 5.32 Å². The number of hydrogen-bond donors (Lipinski definition) is 4. The summed E-state index contributed by atoms with van der Waals surface area (Å²) in [6.45, 7) is 1.87. The minimum Gasteiger partial charge on any atom is -0.367 e. The van der Waals surface area contributed by atoms with Crippen LogP contribution in [-0.2, 0) is 0 Å². The Bertz CT molecular complexity index is 518. The monoisotopic (exact) mass is 316 g/mol. The molecule has 0 bridgehead atoms. The Balaban J connectivity index is 1.91. The predicted octanol–water partition coefficient (Wildman–Crippen LogP) is 4.59. The van der Waals surface area contributed by atoms with Gasteiger partial charge in [0.25, 0.3) is 0 Å². The lowest BCUT2D eigenvalue weighted by molar-refractivity contribution is 0.298. The molecule has 1 atom stereocenters. The predicted molar refractivity (Wildman–Crippen MR) is 84.4 cm³/mol. The van der Waals surface area contributed by atoms with Crippen LogP contribution in [0.4, 0.5) is 5.69 Å². The standard InChI is InChI=1S/C14H21ClN2O2S/c1-9-7-13-12(8-11(9)15)16-14(17-20(13,18)19)10-5-3-2-4-6-10/h7-8,10,14,16-19H,2-6H2,1H3. The van der Waals surface area contributed by atoms with Crippen molar-refractivity contribution in [3.05, 3.63) is 22.7 Å². The number of hydrogen-bond acceptors (Lipinski definition) is 4. The molecule has 0 radical (unpaired) electrons. The van der Waals surface area contributed by atoms with Crippen molar-refractivity contribution in [2.24, 2.45) is 5.92 Å². The molecule has 112 valence electrons. The first-order chi connectivity index (χ1) is 9.47. The molecule has 4 N–H and O–H groups in total. The summed E-state index contributed by atoms with van der Waals surface area (Å²) in [5.74, 6) is 0.433. The van der Waals surface area contributed by atoms with Gasteiger partial charge in [-0.2, -0.15) is 4.72 Å². The molecular formula is C14H21ClN2O2S. The second kappa shape index (κ2) is 5.39. The molecule has 0 saturated heterocycles. The van der Waals surface area contributed by atoms with E-state index in [9.17, 15) is 9.11 Å². The molecule has 1 heterocycles. The Hall–Kier alpha value is -0.460. The van der Waals surface area contributed by atoms with E-state index in [0.717, 1.165) is 24.1 Å². The molecule has 1 aliphatic heterocycles. The molecule has 20 heavy (non-hydrogen) atoms. The summed E-state index contributed by atoms with van der Waals surface area (Å²) < 4.78 is 23.8. The molecule has 1 aromatic carbocycles. The molecule has 4 nitrogen and oxygen atoms in total. The molecule has 0 spiro atoms. The zero-order chi connectivity index (χ0) is 14.3. The van der Waals surface area contributed by atoms with Crippen molar-refractivity contribution in [3.63, 3.8) is 0 Å². The van der Waals surface area contributed by atoms with E-state index in [1.54, 1.807) is 12.1 Å². The topological polar surface area (TPSA) is 64.5 Å². The van der Waals surface area contributed by atoms with Gasteiger partial charge >= 0.3 is 0 Å². The lowest BCUT2D eigenvalue weighted by Gasteiger charge is -2.46. The van der Waals surface area contributed by atoms with Gasteiger partial charge in [-0.25, -0.2) is 0 Å². The normalized spacial score (nSPS) is 27.5. The second-order valence-corrected chi connectivity index (χ2v) is 7.96. The molecule has 1 saturated carbocycles. The highest BCUT2D eigenvalue weighted by Crippen LogP contribution is 2.53. The van der Waals surface area contributed by atoms with Gasteiger partial charge in [-0.05, 0) is 43.4 Å². The van der Waals surface area contributed by atoms with E-state index in [0.29, 0.717) is 15.8 Å². The average molecular weight is 317 g/mol. The van der Waals surface area contributed by atoms with Gasteiger partial charge in [-0.15, -0.1) is 10.8 Å². The Morgan fingerprint density at radius 1 is 1.20 bits per heavy atom. The summed E-state index contributed by atoms with van der Waals surface area (Å²) in [6, 6.07) is 3.56. The number of aryl methyl sites for hydroxylation is 1. The van der Waals surface area contributed by atoms with Gasteiger partial charge in [0.05, 0.1) is 16.7 Å². The zero-order valence-corrected chi connectivity index (χ0v) is 13.1. The molecule has 2 aliphatic rings. The number of rotatable bonds is 1. The second-order valence-electron chi connectivity index (χ2n) is 5.78. The van der Waals surface area contributed by atoms with E-state index >= 15 is 0 Å². The molecule has 0 amide bonds. The number of anilines is 1. The first kappa shape index (κ1) is 14.5. The van der Waals surface area contributed by atoms with Crippen LogP contribution in [0, 0.1) is 12.8 Å². The number of halogens is 1. The van der Waals surface area contributed by atoms with Crippen LogP contribution in [-0.4, -0.2) is 15.3 Å². The third-order valence-corrected chi connectivity index (χ3v) is 6.23. The van der Waals surface area contributed by atoms with E-state index in [2.05, 4.69) is 10.0 Å². The first-order valence-corrected chi connectivity index (χ1v) is 9.02. The molecule has 0 aromatic heterocycles. The SMILES string of the molecule is Cc1cc2c(cc1Cl)NC(C1CCCCC1)NS2(O)O. The van der Waals surface area contributed by atoms with E-state index in [1.807, 2.05) is 6.92 Å². The van der Waals surface area contributed by atoms with E-state index in [-0.39, 0.29) is 6.17 Å². The summed E-state index contributed by atoms with van der Waals surface area (Å²) in [5, 5.41) is 4.04. The summed E-state index contributed by atoms with van der Waals surface area (Å²) in [7, 11) is -2.95. The van der Waals surface area contributed by atoms with Gasteiger partial charge in [0.15, 0.2) is 0 Å². The van der Waals surface area contributed by atoms with Gasteiger partial charge in [0.1, 0.15) is 0 Å². The largest absolute Gasteiger partial charge is 0.367 e. The summed E-state index contributed by atoms with van der Waals surface area (Å²) in [6.07, 6.45) is 5.86. The maximum absolute atomic E-state index is 10.4. The van der Waals surface area contributed by atoms with Crippen molar-refractivity contribution < 1.29 is 9.11 Å². The van der Waals surface area contributed by atoms with Crippen LogP contribution >= 0.6 is 22.4 Å². The lowest BCUT2D eigenvalue weighted by Crippen LogP contribution is -2.47. The molecular weight excluding hydrogens is 296 g/mol. The molecule has 6 heteroatoms. The third kappa shape index (κ3) is 2.65. The van der Waals surface area contributed by atoms with Gasteiger partial charge in [-0.1, -0.05) is 30.9 Å². The van der Waals surface area contributed by atoms with Crippen LogP contribution in [0.25, 0.3) is 0 Å². The fourth-order valence-corrected chi connectivity index (χ4v) is 4.78. The number of fused-ring (bicyclic) bond motifs is 1. The molecule has 3 rings (SSSR count). The summed E-state index contributed by atoms with van der Waals surface area (Å²) in [4.78, 5) is 0.520. The molecule has 1 aliphatic carbocycles. The smallest absolute Gasteiger partial charge is 0.0986 e. The molecule has 1 unspecified atom stereocenters. The Labute approximate surface area is 126 Å². The van der Waals surface area contributed by atoms with Crippen molar-refractivity contribution in [2.45, 2.75) is 50.1 Å². The maximum atomic E-state index is 10.4. The quantitative estimate of drug-likeness (QED) is 0.611. The van der Waals surface area contributed by atoms with Crippen molar-refractivity contribution in [2.75, 3.05) is 5.32 Å². The minimum atomic E-state index is -2.95. The minimum absolute atomic E-state index is 0.0911. The highest BCUT2D eigenvalue weighted by atomic mass is 35.5. The van der Waals surface area contributed by atoms with Crippen molar-refractivity contribution in [1.82, 2.24) is 4.72 Å². The fourth-order valence-electron chi connectivity index (χ4n) is 3.12. The Kier molecular flexibility index (Phi) is 3.90. The van der Waals surface area contributed by atoms with Gasteiger partial charge in [0.2, 0.25) is 0 Å². The number of nitrogens with one attached hydrogen (secondary N) is 2. The highest BCUT2D eigenvalue weighted by Gasteiger charge is 2.34. The first-order valence-electron chi connectivity index (χ1n) is 7.09. The maximum Gasteiger partial charge on any atom is 0.0986 e. The van der Waals surface area contributed by atoms with E-state index in [1.165, 1.54) is 19.3 Å². The summed E-state index contributed by atoms with van der Waals surface area (Å²) in [5.41, 5.74) is 1.60. The van der Waals surface area contributed by atoms with E-state index < -0.39 is 10.8 Å². The van der Waals surface area contributed by atoms with Crippen molar-refractivity contribution >= 4 is 28.1 Å².